The van der Waals surface area contributed by atoms with Gasteiger partial charge in [0.2, 0.25) is 0 Å². The maximum atomic E-state index is 2.71. The minimum Gasteiger partial charge on any atom is -0.0705 e. The topological polar surface area (TPSA) is 0 Å². The van der Waals surface area contributed by atoms with Crippen LogP contribution >= 0.6 is 0 Å². The fourth-order valence-electron chi connectivity index (χ4n) is 5.62. The maximum absolute atomic E-state index is 2.71. The summed E-state index contributed by atoms with van der Waals surface area (Å²) >= 11 is 0. The first-order chi connectivity index (χ1) is 12.0. The fourth-order valence-corrected chi connectivity index (χ4v) is 30.4. The average Bonchev–Trinajstić information content (AvgIpc) is 2.29. The Morgan fingerprint density at radius 2 is 0.667 bits per heavy atom. The van der Waals surface area contributed by atoms with Crippen molar-refractivity contribution in [3.8, 4) is 0 Å². The third-order valence-corrected chi connectivity index (χ3v) is 33.8. The van der Waals surface area contributed by atoms with Gasteiger partial charge in [0.05, 0.1) is 24.7 Å². The van der Waals surface area contributed by atoms with Crippen LogP contribution < -0.4 is 0 Å². The summed E-state index contributed by atoms with van der Waals surface area (Å²) < 4.78 is 0. The van der Waals surface area contributed by atoms with Gasteiger partial charge in [-0.3, -0.25) is 0 Å². The molecule has 0 fully saturated rings. The second-order valence-corrected chi connectivity index (χ2v) is 33.4. The third-order valence-electron chi connectivity index (χ3n) is 7.25. The van der Waals surface area contributed by atoms with Crippen LogP contribution in [0.1, 0.15) is 127 Å². The standard InChI is InChI=1S/C17H39Si2.C9H21Si.Ga.2H2/c1-14(2,3)18(15(4,5)6)19(13,16(7,8)9)17(10,11)12;1-8(2,3)10(7)9(4,5)6;;;/h1-13H3;1-7H3;;2*1H. The summed E-state index contributed by atoms with van der Waals surface area (Å²) in [5.41, 5.74) is 0. The zero-order valence-corrected chi connectivity index (χ0v) is 30.5. The Labute approximate surface area is 214 Å². The SMILES string of the molecule is CC(C)(C)[Si](C(C)(C)C)[Si](C)(C(C)(C)C)C(C)(C)C.C[Si](C(C)(C)C)C(C)(C)C.[Ga].[HH].[HH]. The normalized spacial score (nSPS) is 15.0. The second kappa shape index (κ2) is 10.7. The molecule has 0 spiro atoms. The Balaban J connectivity index is -0.000000161. The van der Waals surface area contributed by atoms with Crippen LogP contribution in [0, 0.1) is 0 Å². The first-order valence-electron chi connectivity index (χ1n) is 11.8. The molecular formula is C26H64GaSi3. The molecule has 0 atom stereocenters. The quantitative estimate of drug-likeness (QED) is 0.296. The molecule has 30 heavy (non-hydrogen) atoms. The fraction of sp³-hybridized carbons (Fsp3) is 1.00. The summed E-state index contributed by atoms with van der Waals surface area (Å²) in [6, 6.07) is 0. The zero-order chi connectivity index (χ0) is 24.7. The Kier molecular flexibility index (Phi) is 12.8. The van der Waals surface area contributed by atoms with Gasteiger partial charge < -0.3 is 0 Å². The first kappa shape index (κ1) is 35.9. The van der Waals surface area contributed by atoms with E-state index in [0.717, 1.165) is 0 Å². The van der Waals surface area contributed by atoms with Gasteiger partial charge in [-0.2, -0.15) is 0 Å². The molecule has 0 N–H and O–H groups in total. The molecule has 0 aromatic rings. The summed E-state index contributed by atoms with van der Waals surface area (Å²) in [7, 11) is -2.16. The van der Waals surface area contributed by atoms with Gasteiger partial charge >= 0.3 is 0 Å². The van der Waals surface area contributed by atoms with E-state index in [1.807, 2.05) is 0 Å². The van der Waals surface area contributed by atoms with Crippen LogP contribution in [0.2, 0.25) is 43.3 Å². The van der Waals surface area contributed by atoms with Crippen LogP contribution in [0.25, 0.3) is 0 Å². The monoisotopic (exact) mass is 529 g/mol. The van der Waals surface area contributed by atoms with Crippen LogP contribution in [-0.4, -0.2) is 44.5 Å². The molecule has 0 aromatic carbocycles. The smallest absolute Gasteiger partial charge is 0.0561 e. The van der Waals surface area contributed by atoms with E-state index in [1.165, 1.54) is 0 Å². The third kappa shape index (κ3) is 9.65. The van der Waals surface area contributed by atoms with E-state index in [9.17, 15) is 0 Å². The van der Waals surface area contributed by atoms with Crippen molar-refractivity contribution in [3.05, 3.63) is 0 Å². The number of rotatable bonds is 1. The van der Waals surface area contributed by atoms with Crippen LogP contribution in [-0.2, 0) is 0 Å². The Hall–Kier alpha value is 1.29. The second-order valence-electron chi connectivity index (χ2n) is 15.6. The van der Waals surface area contributed by atoms with Gasteiger partial charge in [-0.1, -0.05) is 138 Å². The molecule has 0 saturated carbocycles. The first-order valence-corrected chi connectivity index (χ1v) is 18.8. The molecule has 5 radical (unpaired) electrons. The molecule has 0 heterocycles. The zero-order valence-electron chi connectivity index (χ0n) is 25.1. The van der Waals surface area contributed by atoms with Crippen LogP contribution in [0.5, 0.6) is 0 Å². The molecular weight excluding hydrogens is 466 g/mol. The summed E-state index contributed by atoms with van der Waals surface area (Å²) in [5, 5.41) is 2.93. The molecule has 0 saturated heterocycles. The van der Waals surface area contributed by atoms with Gasteiger partial charge in [-0.15, -0.1) is 0 Å². The summed E-state index contributed by atoms with van der Waals surface area (Å²) in [6.07, 6.45) is 0. The van der Waals surface area contributed by atoms with Crippen molar-refractivity contribution >= 4 is 44.5 Å². The van der Waals surface area contributed by atoms with E-state index < -0.39 is 15.9 Å². The van der Waals surface area contributed by atoms with Gasteiger partial charge in [0, 0.05) is 22.6 Å². The van der Waals surface area contributed by atoms with Crippen LogP contribution in [0.3, 0.4) is 0 Å². The summed E-state index contributed by atoms with van der Waals surface area (Å²) in [5.74, 6) is 0. The van der Waals surface area contributed by atoms with Gasteiger partial charge in [0.25, 0.3) is 0 Å². The molecule has 0 unspecified atom stereocenters. The predicted molar refractivity (Wildman–Crippen MR) is 157 cm³/mol. The van der Waals surface area contributed by atoms with Gasteiger partial charge in [0.1, 0.15) is 0 Å². The van der Waals surface area contributed by atoms with E-state index in [2.05, 4.69) is 138 Å². The predicted octanol–water partition coefficient (Wildman–Crippen LogP) is 10.7. The van der Waals surface area contributed by atoms with Crippen molar-refractivity contribution in [2.24, 2.45) is 0 Å². The average molecular weight is 531 g/mol. The van der Waals surface area contributed by atoms with Crippen molar-refractivity contribution in [1.82, 2.24) is 0 Å². The molecule has 0 aliphatic heterocycles. The van der Waals surface area contributed by atoms with Gasteiger partial charge in [-0.25, -0.2) is 0 Å². The van der Waals surface area contributed by atoms with Crippen molar-refractivity contribution in [1.29, 1.82) is 0 Å². The summed E-state index contributed by atoms with van der Waals surface area (Å²) in [6.45, 7) is 49.3. The molecule has 0 nitrogen and oxygen atoms in total. The van der Waals surface area contributed by atoms with Crippen LogP contribution in [0.4, 0.5) is 0 Å². The number of hydrogen-bond acceptors (Lipinski definition) is 0. The van der Waals surface area contributed by atoms with E-state index >= 15 is 0 Å². The van der Waals surface area contributed by atoms with E-state index in [0.29, 0.717) is 30.2 Å². The number of hydrogen-bond donors (Lipinski definition) is 0. The molecule has 0 aliphatic carbocycles. The molecule has 4 heteroatoms. The Bertz CT molecular complexity index is 466. The summed E-state index contributed by atoms with van der Waals surface area (Å²) in [4.78, 5) is 0. The van der Waals surface area contributed by atoms with Crippen molar-refractivity contribution < 1.29 is 2.85 Å². The Morgan fingerprint density at radius 1 is 0.467 bits per heavy atom. The van der Waals surface area contributed by atoms with Crippen molar-refractivity contribution in [2.45, 2.75) is 168 Å². The molecule has 0 bridgehead atoms. The Morgan fingerprint density at radius 3 is 0.700 bits per heavy atom. The molecule has 0 amide bonds. The largest absolute Gasteiger partial charge is 0.0705 e. The van der Waals surface area contributed by atoms with E-state index in [-0.39, 0.29) is 31.4 Å². The minimum atomic E-state index is -1.45. The van der Waals surface area contributed by atoms with E-state index in [4.69, 9.17) is 0 Å². The molecule has 0 aromatic heterocycles. The maximum Gasteiger partial charge on any atom is 0.0561 e. The van der Waals surface area contributed by atoms with Gasteiger partial charge in [0.15, 0.2) is 0 Å². The van der Waals surface area contributed by atoms with Crippen molar-refractivity contribution in [3.63, 3.8) is 0 Å². The van der Waals surface area contributed by atoms with Crippen LogP contribution in [0.15, 0.2) is 0 Å². The van der Waals surface area contributed by atoms with E-state index in [1.54, 1.807) is 0 Å². The molecule has 0 rings (SSSR count). The van der Waals surface area contributed by atoms with Gasteiger partial charge in [-0.05, 0) is 30.2 Å². The minimum absolute atomic E-state index is 0. The molecule has 0 aliphatic rings. The van der Waals surface area contributed by atoms with Crippen molar-refractivity contribution in [2.75, 3.05) is 0 Å². The molecule has 183 valence electrons.